The first-order valence-corrected chi connectivity index (χ1v) is 11.7. The van der Waals surface area contributed by atoms with Crippen LogP contribution in [0.4, 0.5) is 4.39 Å². The standard InChI is InChI=1S/C21H24FN5O4S/c1-31-11-10-26-19-8-7-17(13-18(19)24-25-26)32(29,30)27-9-3-6-20(27)21(28)23-14-15-4-2-5-16(22)12-15/h2,4-5,7-8,12-13,20H,3,6,9-11,14H2,1H3,(H,23,28)/t20-/m0/s1. The average molecular weight is 462 g/mol. The topological polar surface area (TPSA) is 106 Å². The number of hydrogen-bond donors (Lipinski definition) is 1. The Morgan fingerprint density at radius 1 is 1.28 bits per heavy atom. The van der Waals surface area contributed by atoms with Gasteiger partial charge in [-0.1, -0.05) is 17.3 Å². The molecule has 0 unspecified atom stereocenters. The molecule has 1 fully saturated rings. The van der Waals surface area contributed by atoms with Gasteiger partial charge in [0.15, 0.2) is 0 Å². The van der Waals surface area contributed by atoms with Crippen molar-refractivity contribution in [3.63, 3.8) is 0 Å². The molecule has 1 aliphatic rings. The molecule has 2 aromatic carbocycles. The van der Waals surface area contributed by atoms with Gasteiger partial charge in [0, 0.05) is 20.2 Å². The number of aromatic nitrogens is 3. The molecule has 1 N–H and O–H groups in total. The molecule has 4 rings (SSSR count). The Labute approximate surface area is 185 Å². The first-order valence-electron chi connectivity index (χ1n) is 10.3. The lowest BCUT2D eigenvalue weighted by atomic mass is 10.2. The lowest BCUT2D eigenvalue weighted by Crippen LogP contribution is -2.45. The van der Waals surface area contributed by atoms with Crippen LogP contribution in [0.15, 0.2) is 47.4 Å². The maximum Gasteiger partial charge on any atom is 0.243 e. The van der Waals surface area contributed by atoms with Crippen LogP contribution in [0.5, 0.6) is 0 Å². The van der Waals surface area contributed by atoms with Crippen molar-refractivity contribution in [3.05, 3.63) is 53.8 Å². The number of fused-ring (bicyclic) bond motifs is 1. The van der Waals surface area contributed by atoms with Crippen molar-refractivity contribution in [2.24, 2.45) is 0 Å². The molecule has 0 spiro atoms. The van der Waals surface area contributed by atoms with E-state index in [2.05, 4.69) is 15.6 Å². The van der Waals surface area contributed by atoms with Gasteiger partial charge in [-0.2, -0.15) is 4.31 Å². The van der Waals surface area contributed by atoms with Crippen LogP contribution in [-0.2, 0) is 32.6 Å². The van der Waals surface area contributed by atoms with E-state index in [-0.39, 0.29) is 18.0 Å². The summed E-state index contributed by atoms with van der Waals surface area (Å²) in [6, 6.07) is 9.73. The predicted molar refractivity (Wildman–Crippen MR) is 115 cm³/mol. The van der Waals surface area contributed by atoms with Gasteiger partial charge in [0.25, 0.3) is 0 Å². The van der Waals surface area contributed by atoms with Crippen LogP contribution in [-0.4, -0.2) is 59.9 Å². The highest BCUT2D eigenvalue weighted by atomic mass is 32.2. The highest BCUT2D eigenvalue weighted by Crippen LogP contribution is 2.28. The summed E-state index contributed by atoms with van der Waals surface area (Å²) in [6.07, 6.45) is 0.996. The van der Waals surface area contributed by atoms with E-state index in [1.165, 1.54) is 28.6 Å². The highest BCUT2D eigenvalue weighted by Gasteiger charge is 2.39. The molecule has 32 heavy (non-hydrogen) atoms. The minimum Gasteiger partial charge on any atom is -0.383 e. The number of ether oxygens (including phenoxy) is 1. The van der Waals surface area contributed by atoms with E-state index in [1.54, 1.807) is 30.0 Å². The summed E-state index contributed by atoms with van der Waals surface area (Å²) in [6.45, 7) is 1.33. The molecule has 1 aromatic heterocycles. The van der Waals surface area contributed by atoms with Crippen molar-refractivity contribution in [1.29, 1.82) is 0 Å². The van der Waals surface area contributed by atoms with E-state index >= 15 is 0 Å². The number of carbonyl (C=O) groups is 1. The van der Waals surface area contributed by atoms with Crippen molar-refractivity contribution in [1.82, 2.24) is 24.6 Å². The minimum absolute atomic E-state index is 0.0635. The Hall–Kier alpha value is -2.89. The minimum atomic E-state index is -3.91. The second kappa shape index (κ2) is 9.31. The molecule has 2 heterocycles. The fourth-order valence-corrected chi connectivity index (χ4v) is 5.51. The van der Waals surface area contributed by atoms with Crippen molar-refractivity contribution in [2.75, 3.05) is 20.3 Å². The third kappa shape index (κ3) is 4.50. The van der Waals surface area contributed by atoms with Crippen molar-refractivity contribution < 1.29 is 22.3 Å². The van der Waals surface area contributed by atoms with Crippen LogP contribution in [0, 0.1) is 5.82 Å². The number of sulfonamides is 1. The summed E-state index contributed by atoms with van der Waals surface area (Å²) >= 11 is 0. The van der Waals surface area contributed by atoms with Gasteiger partial charge in [-0.15, -0.1) is 5.10 Å². The van der Waals surface area contributed by atoms with Crippen LogP contribution >= 0.6 is 0 Å². The summed E-state index contributed by atoms with van der Waals surface area (Å²) < 4.78 is 47.9. The van der Waals surface area contributed by atoms with Crippen molar-refractivity contribution in [2.45, 2.75) is 36.9 Å². The number of rotatable bonds is 8. The van der Waals surface area contributed by atoms with E-state index in [9.17, 15) is 17.6 Å². The Morgan fingerprint density at radius 3 is 2.91 bits per heavy atom. The van der Waals surface area contributed by atoms with Crippen LogP contribution in [0.2, 0.25) is 0 Å². The van der Waals surface area contributed by atoms with Gasteiger partial charge in [-0.25, -0.2) is 17.5 Å². The number of amides is 1. The molecular weight excluding hydrogens is 437 g/mol. The Kier molecular flexibility index (Phi) is 6.49. The number of halogens is 1. The van der Waals surface area contributed by atoms with E-state index in [1.807, 2.05) is 0 Å². The second-order valence-corrected chi connectivity index (χ2v) is 9.47. The molecular formula is C21H24FN5O4S. The van der Waals surface area contributed by atoms with Gasteiger partial charge in [0.1, 0.15) is 17.4 Å². The third-order valence-electron chi connectivity index (χ3n) is 5.46. The quantitative estimate of drug-likeness (QED) is 0.547. The fraction of sp³-hybridized carbons (Fsp3) is 0.381. The van der Waals surface area contributed by atoms with Crippen molar-refractivity contribution >= 4 is 27.0 Å². The maximum absolute atomic E-state index is 13.4. The smallest absolute Gasteiger partial charge is 0.243 e. The van der Waals surface area contributed by atoms with E-state index in [0.717, 1.165) is 0 Å². The van der Waals surface area contributed by atoms with Crippen molar-refractivity contribution in [3.8, 4) is 0 Å². The zero-order valence-corrected chi connectivity index (χ0v) is 18.4. The van der Waals surface area contributed by atoms with Gasteiger partial charge in [-0.05, 0) is 48.7 Å². The molecule has 1 atom stereocenters. The third-order valence-corrected chi connectivity index (χ3v) is 7.37. The first kappa shape index (κ1) is 22.3. The fourth-order valence-electron chi connectivity index (χ4n) is 3.83. The summed E-state index contributed by atoms with van der Waals surface area (Å²) in [5.74, 6) is -0.793. The van der Waals surface area contributed by atoms with Gasteiger partial charge in [-0.3, -0.25) is 4.79 Å². The zero-order valence-electron chi connectivity index (χ0n) is 17.6. The molecule has 9 nitrogen and oxygen atoms in total. The Morgan fingerprint density at radius 2 is 2.12 bits per heavy atom. The van der Waals surface area contributed by atoms with Gasteiger partial charge in [0.05, 0.1) is 23.6 Å². The number of carbonyl (C=O) groups excluding carboxylic acids is 1. The zero-order chi connectivity index (χ0) is 22.7. The van der Waals surface area contributed by atoms with Crippen LogP contribution in [0.3, 0.4) is 0 Å². The van der Waals surface area contributed by atoms with E-state index in [0.29, 0.717) is 42.6 Å². The van der Waals surface area contributed by atoms with Gasteiger partial charge < -0.3 is 10.1 Å². The molecule has 3 aromatic rings. The van der Waals surface area contributed by atoms with E-state index < -0.39 is 27.8 Å². The number of benzene rings is 2. The van der Waals surface area contributed by atoms with Crippen LogP contribution < -0.4 is 5.32 Å². The predicted octanol–water partition coefficient (Wildman–Crippen LogP) is 1.69. The molecule has 1 saturated heterocycles. The second-order valence-electron chi connectivity index (χ2n) is 7.58. The van der Waals surface area contributed by atoms with Crippen LogP contribution in [0.25, 0.3) is 11.0 Å². The van der Waals surface area contributed by atoms with Gasteiger partial charge >= 0.3 is 0 Å². The monoisotopic (exact) mass is 461 g/mol. The van der Waals surface area contributed by atoms with Crippen LogP contribution in [0.1, 0.15) is 18.4 Å². The molecule has 0 radical (unpaired) electrons. The molecule has 1 aliphatic heterocycles. The Bertz CT molecular complexity index is 1230. The molecule has 0 bridgehead atoms. The summed E-state index contributed by atoms with van der Waals surface area (Å²) in [5.41, 5.74) is 1.76. The summed E-state index contributed by atoms with van der Waals surface area (Å²) in [4.78, 5) is 12.8. The molecule has 11 heteroatoms. The molecule has 0 aliphatic carbocycles. The SMILES string of the molecule is COCCn1nnc2cc(S(=O)(=O)N3CCC[C@H]3C(=O)NCc3cccc(F)c3)ccc21. The van der Waals surface area contributed by atoms with E-state index in [4.69, 9.17) is 4.74 Å². The van der Waals surface area contributed by atoms with Gasteiger partial charge in [0.2, 0.25) is 15.9 Å². The lowest BCUT2D eigenvalue weighted by Gasteiger charge is -2.23. The molecule has 170 valence electrons. The molecule has 1 amide bonds. The lowest BCUT2D eigenvalue weighted by molar-refractivity contribution is -0.124. The summed E-state index contributed by atoms with van der Waals surface area (Å²) in [7, 11) is -2.32. The first-order chi connectivity index (χ1) is 15.4. The highest BCUT2D eigenvalue weighted by molar-refractivity contribution is 7.89. The number of nitrogens with zero attached hydrogens (tertiary/aromatic N) is 4. The maximum atomic E-state index is 13.4. The summed E-state index contributed by atoms with van der Waals surface area (Å²) in [5, 5.41) is 10.8. The number of methoxy groups -OCH3 is 1. The number of nitrogens with one attached hydrogen (secondary N) is 1. The number of hydrogen-bond acceptors (Lipinski definition) is 6. The average Bonchev–Trinajstić information content (AvgIpc) is 3.43. The molecule has 0 saturated carbocycles. The Balaban J connectivity index is 1.51. The normalized spacial score (nSPS) is 17.1. The largest absolute Gasteiger partial charge is 0.383 e.